The molecule has 0 saturated carbocycles. The van der Waals surface area contributed by atoms with Crippen molar-refractivity contribution in [3.8, 4) is 0 Å². The van der Waals surface area contributed by atoms with Crippen LogP contribution < -0.4 is 0 Å². The Labute approximate surface area is 92.6 Å². The lowest BCUT2D eigenvalue weighted by molar-refractivity contribution is -0.137. The van der Waals surface area contributed by atoms with Crippen molar-refractivity contribution in [2.24, 2.45) is 0 Å². The number of esters is 1. The molecule has 0 aromatic heterocycles. The minimum absolute atomic E-state index is 0.0814. The van der Waals surface area contributed by atoms with E-state index in [0.29, 0.717) is 4.90 Å². The molecular formula is C11H14O3S. The van der Waals surface area contributed by atoms with Crippen molar-refractivity contribution in [1.82, 2.24) is 0 Å². The lowest BCUT2D eigenvalue weighted by atomic mass is 10.2. The molecule has 0 aliphatic carbocycles. The summed E-state index contributed by atoms with van der Waals surface area (Å²) in [7, 11) is 1.29. The van der Waals surface area contributed by atoms with E-state index < -0.39 is 17.1 Å². The molecular weight excluding hydrogens is 212 g/mol. The molecule has 1 unspecified atom stereocenters. The number of hydrogen-bond acceptors (Lipinski definition) is 3. The Kier molecular flexibility index (Phi) is 4.65. The van der Waals surface area contributed by atoms with Crippen molar-refractivity contribution in [1.29, 1.82) is 0 Å². The summed E-state index contributed by atoms with van der Waals surface area (Å²) < 4.78 is 16.1. The molecule has 4 heteroatoms. The normalized spacial score (nSPS) is 12.2. The Hall–Kier alpha value is -1.00. The van der Waals surface area contributed by atoms with E-state index in [1.165, 1.54) is 12.7 Å². The minimum Gasteiger partial charge on any atom is -0.611 e. The Bertz CT molecular complexity index is 321. The van der Waals surface area contributed by atoms with E-state index in [4.69, 9.17) is 0 Å². The maximum atomic E-state index is 11.6. The SMILES string of the molecule is CCc1ccc([S+]([O-])CC(=O)OC)cc1. The van der Waals surface area contributed by atoms with Crippen LogP contribution in [-0.2, 0) is 27.1 Å². The third-order valence-corrected chi connectivity index (χ3v) is 3.37. The fraction of sp³-hybridized carbons (Fsp3) is 0.364. The number of benzene rings is 1. The van der Waals surface area contributed by atoms with Gasteiger partial charge in [-0.15, -0.1) is 0 Å². The highest BCUT2D eigenvalue weighted by atomic mass is 32.2. The van der Waals surface area contributed by atoms with E-state index >= 15 is 0 Å². The molecule has 82 valence electrons. The molecule has 3 nitrogen and oxygen atoms in total. The maximum absolute atomic E-state index is 11.6. The molecule has 0 N–H and O–H groups in total. The van der Waals surface area contributed by atoms with E-state index in [1.807, 2.05) is 12.1 Å². The van der Waals surface area contributed by atoms with Crippen LogP contribution >= 0.6 is 0 Å². The molecule has 0 amide bonds. The molecule has 15 heavy (non-hydrogen) atoms. The average molecular weight is 226 g/mol. The fourth-order valence-electron chi connectivity index (χ4n) is 1.13. The number of carbonyl (C=O) groups excluding carboxylic acids is 1. The number of carbonyl (C=O) groups is 1. The summed E-state index contributed by atoms with van der Waals surface area (Å²) in [4.78, 5) is 11.6. The van der Waals surface area contributed by atoms with E-state index in [0.717, 1.165) is 6.42 Å². The summed E-state index contributed by atoms with van der Waals surface area (Å²) in [6, 6.07) is 7.42. The second kappa shape index (κ2) is 5.78. The van der Waals surface area contributed by atoms with Crippen LogP contribution in [0.25, 0.3) is 0 Å². The number of aryl methyl sites for hydroxylation is 1. The van der Waals surface area contributed by atoms with Crippen molar-refractivity contribution in [3.05, 3.63) is 29.8 Å². The van der Waals surface area contributed by atoms with Crippen LogP contribution in [0.1, 0.15) is 12.5 Å². The third kappa shape index (κ3) is 3.57. The lowest BCUT2D eigenvalue weighted by Gasteiger charge is -2.09. The number of hydrogen-bond donors (Lipinski definition) is 0. The van der Waals surface area contributed by atoms with Gasteiger partial charge in [-0.25, -0.2) is 4.79 Å². The van der Waals surface area contributed by atoms with Gasteiger partial charge in [-0.1, -0.05) is 19.1 Å². The van der Waals surface area contributed by atoms with Gasteiger partial charge in [0.1, 0.15) is 0 Å². The van der Waals surface area contributed by atoms with Gasteiger partial charge < -0.3 is 9.29 Å². The standard InChI is InChI=1S/C11H14O3S/c1-3-9-4-6-10(7-5-9)15(13)8-11(12)14-2/h4-7H,3,8H2,1-2H3. The summed E-state index contributed by atoms with van der Waals surface area (Å²) in [5.74, 6) is -0.532. The summed E-state index contributed by atoms with van der Waals surface area (Å²) in [6.45, 7) is 2.06. The number of methoxy groups -OCH3 is 1. The smallest absolute Gasteiger partial charge is 0.356 e. The molecule has 1 rings (SSSR count). The van der Waals surface area contributed by atoms with Gasteiger partial charge in [0, 0.05) is 0 Å². The van der Waals surface area contributed by atoms with Crippen molar-refractivity contribution in [3.63, 3.8) is 0 Å². The van der Waals surface area contributed by atoms with Crippen LogP contribution in [0.15, 0.2) is 29.2 Å². The van der Waals surface area contributed by atoms with Gasteiger partial charge in [0.05, 0.1) is 7.11 Å². The Morgan fingerprint density at radius 1 is 1.40 bits per heavy atom. The number of ether oxygens (including phenoxy) is 1. The zero-order valence-corrected chi connectivity index (χ0v) is 9.67. The van der Waals surface area contributed by atoms with Gasteiger partial charge in [-0.05, 0) is 35.3 Å². The Balaban J connectivity index is 2.65. The third-order valence-electron chi connectivity index (χ3n) is 2.07. The molecule has 0 heterocycles. The zero-order valence-electron chi connectivity index (χ0n) is 8.86. The van der Waals surface area contributed by atoms with Gasteiger partial charge >= 0.3 is 5.97 Å². The summed E-state index contributed by atoms with van der Waals surface area (Å²) in [6.07, 6.45) is 0.948. The van der Waals surface area contributed by atoms with Gasteiger partial charge in [-0.2, -0.15) is 0 Å². The quantitative estimate of drug-likeness (QED) is 0.578. The van der Waals surface area contributed by atoms with E-state index in [-0.39, 0.29) is 5.75 Å². The highest BCUT2D eigenvalue weighted by Gasteiger charge is 2.16. The largest absolute Gasteiger partial charge is 0.611 e. The van der Waals surface area contributed by atoms with Crippen LogP contribution in [0.4, 0.5) is 0 Å². The van der Waals surface area contributed by atoms with Crippen LogP contribution in [0.2, 0.25) is 0 Å². The van der Waals surface area contributed by atoms with Crippen LogP contribution in [0.5, 0.6) is 0 Å². The monoisotopic (exact) mass is 226 g/mol. The van der Waals surface area contributed by atoms with Crippen molar-refractivity contribution in [2.75, 3.05) is 12.9 Å². The van der Waals surface area contributed by atoms with Gasteiger partial charge in [0.15, 0.2) is 4.90 Å². The molecule has 0 saturated heterocycles. The first-order chi connectivity index (χ1) is 7.17. The highest BCUT2D eigenvalue weighted by Crippen LogP contribution is 2.13. The fourth-order valence-corrected chi connectivity index (χ4v) is 2.06. The van der Waals surface area contributed by atoms with E-state index in [2.05, 4.69) is 11.7 Å². The summed E-state index contributed by atoms with van der Waals surface area (Å²) in [5.41, 5.74) is 1.19. The molecule has 1 aromatic carbocycles. The summed E-state index contributed by atoms with van der Waals surface area (Å²) in [5, 5.41) is 0. The highest BCUT2D eigenvalue weighted by molar-refractivity contribution is 7.92. The van der Waals surface area contributed by atoms with Crippen molar-refractivity contribution in [2.45, 2.75) is 18.2 Å². The first-order valence-corrected chi connectivity index (χ1v) is 6.03. The second-order valence-corrected chi connectivity index (χ2v) is 4.51. The van der Waals surface area contributed by atoms with Crippen molar-refractivity contribution >= 4 is 17.1 Å². The minimum atomic E-state index is -1.30. The van der Waals surface area contributed by atoms with Crippen LogP contribution in [0, 0.1) is 0 Å². The van der Waals surface area contributed by atoms with Gasteiger partial charge in [0.25, 0.3) is 0 Å². The predicted octanol–water partition coefficient (Wildman–Crippen LogP) is 1.53. The van der Waals surface area contributed by atoms with Crippen LogP contribution in [-0.4, -0.2) is 23.4 Å². The second-order valence-electron chi connectivity index (χ2n) is 3.06. The topological polar surface area (TPSA) is 49.4 Å². The first kappa shape index (κ1) is 12.1. The number of rotatable bonds is 4. The van der Waals surface area contributed by atoms with Gasteiger partial charge in [-0.3, -0.25) is 0 Å². The summed E-state index contributed by atoms with van der Waals surface area (Å²) >= 11 is -1.30. The average Bonchev–Trinajstić information content (AvgIpc) is 2.29. The predicted molar refractivity (Wildman–Crippen MR) is 59.1 cm³/mol. The molecule has 1 atom stereocenters. The molecule has 1 aromatic rings. The maximum Gasteiger partial charge on any atom is 0.356 e. The first-order valence-electron chi connectivity index (χ1n) is 4.71. The van der Waals surface area contributed by atoms with E-state index in [9.17, 15) is 9.35 Å². The van der Waals surface area contributed by atoms with Gasteiger partial charge in [0.2, 0.25) is 5.75 Å². The zero-order chi connectivity index (χ0) is 11.3. The molecule has 0 radical (unpaired) electrons. The molecule has 0 bridgehead atoms. The van der Waals surface area contributed by atoms with Crippen LogP contribution in [0.3, 0.4) is 0 Å². The van der Waals surface area contributed by atoms with E-state index in [1.54, 1.807) is 12.1 Å². The lowest BCUT2D eigenvalue weighted by Crippen LogP contribution is -2.17. The Morgan fingerprint density at radius 3 is 2.47 bits per heavy atom. The van der Waals surface area contributed by atoms with Crippen molar-refractivity contribution < 1.29 is 14.1 Å². The molecule has 0 aliphatic rings. The molecule has 0 fully saturated rings. The molecule has 0 aliphatic heterocycles. The molecule has 0 spiro atoms. The Morgan fingerprint density at radius 2 is 2.00 bits per heavy atom.